The average molecular weight is 663 g/mol. The molecule has 0 saturated carbocycles. The van der Waals surface area contributed by atoms with Gasteiger partial charge in [0.05, 0.1) is 17.6 Å². The number of amides is 1. The second-order valence-corrected chi connectivity index (χ2v) is 13.2. The van der Waals surface area contributed by atoms with Gasteiger partial charge >= 0.3 is 15.6 Å². The molecule has 0 spiro atoms. The van der Waals surface area contributed by atoms with Crippen molar-refractivity contribution in [2.24, 2.45) is 5.73 Å². The molecule has 1 unspecified atom stereocenters. The second-order valence-electron chi connectivity index (χ2n) is 9.94. The van der Waals surface area contributed by atoms with Gasteiger partial charge < -0.3 is 46.3 Å². The summed E-state index contributed by atoms with van der Waals surface area (Å²) in [7, 11) is -9.59. The standard InChI is InChI=1S/C21H25N7O14P2/c22-17-12-19(25-7-24-17)28(8-26-12)21-16(32)14(30)11(39-21)6-42-40-44(42,36)41-43(34,35)37-5-10-13(29)15(31)20(38-10)27-3-1-2-9(4-27)18(23)33/h1-4,7-8,10-11,13-16,20-21,29-32H,5-6H2,(H3-2,22,23,24,25,33,34,35)/p+2/t10-,11-,13-,14-,15-,16-,20-,21-,44-/m1/s1. The minimum Gasteiger partial charge on any atom is -0.387 e. The van der Waals surface area contributed by atoms with Crippen molar-refractivity contribution in [3.63, 3.8) is 0 Å². The predicted octanol–water partition coefficient (Wildman–Crippen LogP) is -2.53. The van der Waals surface area contributed by atoms with Gasteiger partial charge in [-0.15, -0.1) is 8.62 Å². The topological polar surface area (TPSA) is 304 Å². The van der Waals surface area contributed by atoms with E-state index in [1.165, 1.54) is 46.3 Å². The number of primary amides is 1. The Balaban J connectivity index is 1.04. The maximum absolute atomic E-state index is 12.8. The van der Waals surface area contributed by atoms with Crippen LogP contribution in [-0.4, -0.2) is 101 Å². The number of pyridine rings is 1. The monoisotopic (exact) mass is 663 g/mol. The number of phosphoric acid groups is 1. The number of aromatic nitrogens is 5. The quantitative estimate of drug-likeness (QED) is 0.0387. The van der Waals surface area contributed by atoms with Crippen molar-refractivity contribution in [3.05, 3.63) is 42.7 Å². The van der Waals surface area contributed by atoms with Crippen LogP contribution in [0.3, 0.4) is 0 Å². The number of carbonyl (C=O) groups is 1. The summed E-state index contributed by atoms with van der Waals surface area (Å²) in [6, 6.07) is 2.88. The van der Waals surface area contributed by atoms with Crippen LogP contribution in [0.4, 0.5) is 5.82 Å². The van der Waals surface area contributed by atoms with Crippen molar-refractivity contribution in [1.29, 1.82) is 0 Å². The number of hydrogen-bond donors (Lipinski definition) is 7. The van der Waals surface area contributed by atoms with E-state index in [0.717, 1.165) is 0 Å². The van der Waals surface area contributed by atoms with E-state index in [4.69, 9.17) is 30.1 Å². The molecule has 3 fully saturated rings. The van der Waals surface area contributed by atoms with Gasteiger partial charge in [-0.2, -0.15) is 9.13 Å². The van der Waals surface area contributed by atoms with Crippen molar-refractivity contribution in [2.75, 3.05) is 18.9 Å². The van der Waals surface area contributed by atoms with E-state index < -0.39 is 83.8 Å². The Kier molecular flexibility index (Phi) is 8.04. The van der Waals surface area contributed by atoms with Crippen LogP contribution < -0.4 is 16.0 Å². The first-order valence-corrected chi connectivity index (χ1v) is 15.7. The van der Waals surface area contributed by atoms with Gasteiger partial charge in [0.2, 0.25) is 6.61 Å². The number of ether oxygens (including phenoxy) is 2. The zero-order valence-electron chi connectivity index (χ0n) is 22.2. The molecule has 21 nitrogen and oxygen atoms in total. The maximum Gasteiger partial charge on any atom is 0.751 e. The van der Waals surface area contributed by atoms with Crippen LogP contribution in [0.5, 0.6) is 0 Å². The molecule has 3 aromatic rings. The zero-order valence-corrected chi connectivity index (χ0v) is 24.0. The van der Waals surface area contributed by atoms with Crippen molar-refractivity contribution in [3.8, 4) is 0 Å². The van der Waals surface area contributed by atoms with Crippen molar-refractivity contribution < 1.29 is 71.1 Å². The van der Waals surface area contributed by atoms with E-state index in [1.54, 1.807) is 4.30 Å². The van der Waals surface area contributed by atoms with Gasteiger partial charge in [0.15, 0.2) is 42.3 Å². The molecule has 0 bridgehead atoms. The molecule has 6 rings (SSSR count). The van der Waals surface area contributed by atoms with E-state index in [0.29, 0.717) is 0 Å². The molecule has 0 aromatic carbocycles. The largest absolute Gasteiger partial charge is 0.751 e. The van der Waals surface area contributed by atoms with Crippen LogP contribution in [0.2, 0.25) is 0 Å². The Morgan fingerprint density at radius 2 is 1.89 bits per heavy atom. The second kappa shape index (κ2) is 11.4. The summed E-state index contributed by atoms with van der Waals surface area (Å²) in [6.07, 6.45) is -6.02. The zero-order chi connectivity index (χ0) is 31.6. The molecule has 23 heteroatoms. The number of nitrogens with two attached hydrogens (primary N) is 2. The number of hydrogen-bond acceptors (Lipinski definition) is 16. The number of imidazole rings is 1. The smallest absolute Gasteiger partial charge is 0.387 e. The van der Waals surface area contributed by atoms with Gasteiger partial charge in [0.25, 0.3) is 12.1 Å². The fourth-order valence-corrected chi connectivity index (χ4v) is 7.46. The average Bonchev–Trinajstić information content (AvgIpc) is 3.23. The fraction of sp³-hybridized carbons (Fsp3) is 0.476. The number of carbonyl (C=O) groups excluding carboxylic acids is 1. The third kappa shape index (κ3) is 5.74. The molecular weight excluding hydrogens is 636 g/mol. The third-order valence-electron chi connectivity index (χ3n) is 7.06. The SMILES string of the molecule is NC(=O)c1ccc[n+]([C@@H]2O[C@H](COP(=O)(O)O[P@@]3(=O)O[O+]3C[C@H]3O[C@@H](n4cnc5c(N)ncnc54)[C@H](O)[C@@H]3O)[C@@H](O)[C@H]2O)c1. The number of aliphatic hydroxyl groups is 4. The highest BCUT2D eigenvalue weighted by Crippen LogP contribution is 2.79. The normalized spacial score (nSPS) is 35.2. The summed E-state index contributed by atoms with van der Waals surface area (Å²) in [5, 5.41) is 41.9. The lowest BCUT2D eigenvalue weighted by Gasteiger charge is -2.16. The molecule has 44 heavy (non-hydrogen) atoms. The Morgan fingerprint density at radius 3 is 2.64 bits per heavy atom. The summed E-state index contributed by atoms with van der Waals surface area (Å²) in [5.74, 6) is -0.661. The molecule has 6 heterocycles. The number of nitrogen functional groups attached to an aromatic ring is 1. The molecule has 3 saturated heterocycles. The molecular formula is C21H27N7O14P2+2. The third-order valence-corrected chi connectivity index (χ3v) is 10.1. The number of fused-ring (bicyclic) bond motifs is 1. The molecule has 1 amide bonds. The van der Waals surface area contributed by atoms with E-state index >= 15 is 0 Å². The molecule has 9 N–H and O–H groups in total. The van der Waals surface area contributed by atoms with Crippen LogP contribution in [0.15, 0.2) is 37.2 Å². The summed E-state index contributed by atoms with van der Waals surface area (Å²) < 4.78 is 55.1. The lowest BCUT2D eigenvalue weighted by molar-refractivity contribution is -0.765. The highest BCUT2D eigenvalue weighted by molar-refractivity contribution is 7.64. The van der Waals surface area contributed by atoms with Gasteiger partial charge in [-0.3, -0.25) is 13.9 Å². The van der Waals surface area contributed by atoms with Crippen LogP contribution in [0.25, 0.3) is 11.2 Å². The van der Waals surface area contributed by atoms with E-state index in [1.807, 2.05) is 0 Å². The van der Waals surface area contributed by atoms with Gasteiger partial charge in [-0.1, -0.05) is 0 Å². The Hall–Kier alpha value is -3.01. The predicted molar refractivity (Wildman–Crippen MR) is 138 cm³/mol. The summed E-state index contributed by atoms with van der Waals surface area (Å²) >= 11 is 0. The van der Waals surface area contributed by atoms with Crippen LogP contribution in [0.1, 0.15) is 22.8 Å². The summed E-state index contributed by atoms with van der Waals surface area (Å²) in [6.45, 7) is -1.34. The number of anilines is 1. The molecule has 3 aliphatic rings. The van der Waals surface area contributed by atoms with Gasteiger partial charge in [0, 0.05) is 6.07 Å². The minimum absolute atomic E-state index is 0.0824. The fourth-order valence-electron chi connectivity index (χ4n) is 4.79. The highest BCUT2D eigenvalue weighted by atomic mass is 31.3. The molecule has 238 valence electrons. The first-order valence-electron chi connectivity index (χ1n) is 12.7. The molecule has 0 aliphatic carbocycles. The van der Waals surface area contributed by atoms with E-state index in [2.05, 4.69) is 19.3 Å². The van der Waals surface area contributed by atoms with Gasteiger partial charge in [-0.05, 0) is 6.07 Å². The molecule has 3 aromatic heterocycles. The summed E-state index contributed by atoms with van der Waals surface area (Å²) in [5.41, 5.74) is 11.6. The first-order chi connectivity index (χ1) is 20.8. The van der Waals surface area contributed by atoms with Crippen LogP contribution >= 0.6 is 15.6 Å². The number of aliphatic hydroxyl groups excluding tert-OH is 4. The number of phosphoric ester groups is 1. The van der Waals surface area contributed by atoms with Crippen molar-refractivity contribution in [2.45, 2.75) is 49.1 Å². The van der Waals surface area contributed by atoms with Crippen molar-refractivity contribution in [1.82, 2.24) is 19.5 Å². The van der Waals surface area contributed by atoms with Crippen LogP contribution in [0, 0.1) is 0 Å². The Morgan fingerprint density at radius 1 is 1.14 bits per heavy atom. The summed E-state index contributed by atoms with van der Waals surface area (Å²) in [4.78, 5) is 33.6. The number of rotatable bonds is 10. The molecule has 0 radical (unpaired) electrons. The highest BCUT2D eigenvalue weighted by Gasteiger charge is 2.74. The van der Waals surface area contributed by atoms with E-state index in [-0.39, 0.29) is 22.5 Å². The van der Waals surface area contributed by atoms with E-state index in [9.17, 15) is 39.2 Å². The lowest BCUT2D eigenvalue weighted by Crippen LogP contribution is -2.46. The Bertz CT molecular complexity index is 1680. The molecule has 3 aliphatic heterocycles. The van der Waals surface area contributed by atoms with Crippen LogP contribution in [-0.2, 0) is 36.4 Å². The molecule has 10 atom stereocenters. The number of nitrogens with zero attached hydrogens (tertiary/aromatic N) is 5. The maximum atomic E-state index is 12.8. The Labute approximate surface area is 246 Å². The lowest BCUT2D eigenvalue weighted by atomic mass is 10.1. The first kappa shape index (κ1) is 31.0. The van der Waals surface area contributed by atoms with Crippen molar-refractivity contribution >= 4 is 38.5 Å². The van der Waals surface area contributed by atoms with Gasteiger partial charge in [0.1, 0.15) is 41.8 Å². The minimum atomic E-state index is -5.14. The van der Waals surface area contributed by atoms with Gasteiger partial charge in [-0.25, -0.2) is 19.5 Å².